The van der Waals surface area contributed by atoms with Crippen LogP contribution in [0.15, 0.2) is 0 Å². The summed E-state index contributed by atoms with van der Waals surface area (Å²) >= 11 is 8.26. The van der Waals surface area contributed by atoms with E-state index in [9.17, 15) is 0 Å². The molecule has 2 heteroatoms. The molecule has 4 rings (SSSR count). The van der Waals surface area contributed by atoms with E-state index in [2.05, 4.69) is 52.6 Å². The van der Waals surface area contributed by atoms with Gasteiger partial charge in [0.15, 0.2) is 0 Å². The summed E-state index contributed by atoms with van der Waals surface area (Å²) in [6.45, 7) is 7.47. The van der Waals surface area contributed by atoms with Gasteiger partial charge in [0.05, 0.1) is 0 Å². The van der Waals surface area contributed by atoms with E-state index in [0.717, 1.165) is 17.8 Å². The number of unbranched alkanes of at least 4 members (excludes halogenated alkanes) is 3. The molecule has 0 nitrogen and oxygen atoms in total. The van der Waals surface area contributed by atoms with E-state index in [1.54, 1.807) is 0 Å². The molecule has 0 radical (unpaired) electrons. The number of rotatable bonds is 6. The second-order valence-corrected chi connectivity index (χ2v) is 12.5. The summed E-state index contributed by atoms with van der Waals surface area (Å²) in [6, 6.07) is 0. The van der Waals surface area contributed by atoms with Gasteiger partial charge in [0.1, 0.15) is 0 Å². The van der Waals surface area contributed by atoms with Gasteiger partial charge < -0.3 is 0 Å². The highest BCUT2D eigenvalue weighted by Gasteiger charge is 2.61. The fourth-order valence-electron chi connectivity index (χ4n) is 6.39. The summed E-state index contributed by atoms with van der Waals surface area (Å²) in [5.41, 5.74) is 0.545. The molecule has 0 unspecified atom stereocenters. The van der Waals surface area contributed by atoms with Gasteiger partial charge in [-0.05, 0) is 61.7 Å². The molecule has 4 fully saturated rings. The van der Waals surface area contributed by atoms with Crippen LogP contribution in [0.1, 0.15) is 85.0 Å². The van der Waals surface area contributed by atoms with Gasteiger partial charge in [-0.3, -0.25) is 0 Å². The van der Waals surface area contributed by atoms with Crippen LogP contribution in [0.3, 0.4) is 0 Å². The minimum absolute atomic E-state index is 0.469. The van der Waals surface area contributed by atoms with Crippen molar-refractivity contribution < 1.29 is 0 Å². The van der Waals surface area contributed by atoms with E-state index >= 15 is 0 Å². The van der Waals surface area contributed by atoms with Crippen LogP contribution in [-0.2, 0) is 0 Å². The summed E-state index contributed by atoms with van der Waals surface area (Å²) < 4.78 is 0.939. The first-order valence-electron chi connectivity index (χ1n) is 9.15. The molecule has 4 aliphatic carbocycles. The van der Waals surface area contributed by atoms with Gasteiger partial charge in [-0.1, -0.05) is 78.3 Å². The summed E-state index contributed by atoms with van der Waals surface area (Å²) in [4.78, 5) is 0. The van der Waals surface area contributed by atoms with Crippen LogP contribution in [0.5, 0.6) is 0 Å². The first kappa shape index (κ1) is 16.8. The van der Waals surface area contributed by atoms with Crippen molar-refractivity contribution in [3.05, 3.63) is 0 Å². The second-order valence-electron chi connectivity index (χ2n) is 9.14. The fraction of sp³-hybridized carbons (Fsp3) is 1.00. The minimum atomic E-state index is 0.469. The molecule has 0 atom stereocenters. The van der Waals surface area contributed by atoms with Gasteiger partial charge in [-0.2, -0.15) is 0 Å². The molecular weight excluding hydrogens is 388 g/mol. The van der Waals surface area contributed by atoms with E-state index in [1.165, 1.54) is 64.2 Å². The lowest BCUT2D eigenvalue weighted by atomic mass is 9.46. The fourth-order valence-corrected chi connectivity index (χ4v) is 9.50. The summed E-state index contributed by atoms with van der Waals surface area (Å²) in [5, 5.41) is 0. The van der Waals surface area contributed by atoms with Crippen LogP contribution in [0.25, 0.3) is 0 Å². The Balaban J connectivity index is 1.69. The van der Waals surface area contributed by atoms with E-state index in [1.807, 2.05) is 0 Å². The van der Waals surface area contributed by atoms with Crippen molar-refractivity contribution in [1.82, 2.24) is 0 Å². The molecular formula is C19H32Br2. The number of hydrogen-bond acceptors (Lipinski definition) is 0. The van der Waals surface area contributed by atoms with Gasteiger partial charge >= 0.3 is 0 Å². The highest BCUT2D eigenvalue weighted by atomic mass is 79.9. The number of alkyl halides is 2. The Kier molecular flexibility index (Phi) is 4.64. The normalized spacial score (nSPS) is 45.3. The van der Waals surface area contributed by atoms with Gasteiger partial charge in [-0.25, -0.2) is 0 Å². The average Bonchev–Trinajstić information content (AvgIpc) is 2.30. The first-order valence-corrected chi connectivity index (χ1v) is 10.7. The van der Waals surface area contributed by atoms with E-state index in [-0.39, 0.29) is 0 Å². The Hall–Kier alpha value is 0.960. The van der Waals surface area contributed by atoms with Crippen LogP contribution in [0.2, 0.25) is 0 Å². The van der Waals surface area contributed by atoms with Gasteiger partial charge in [0.25, 0.3) is 0 Å². The third-order valence-electron chi connectivity index (χ3n) is 6.74. The molecule has 4 bridgehead atoms. The Morgan fingerprint density at radius 3 is 1.90 bits per heavy atom. The standard InChI is InChI=1S/C19H32Br2/c1-4-5-6-7-8-17(2,3)16-14-9-18(20)11-15(16)12-19(21,10-14)13-18/h14-16H,4-13H2,1-3H3. The van der Waals surface area contributed by atoms with Crippen LogP contribution >= 0.6 is 31.9 Å². The van der Waals surface area contributed by atoms with Gasteiger partial charge in [0.2, 0.25) is 0 Å². The van der Waals surface area contributed by atoms with E-state index < -0.39 is 0 Å². The van der Waals surface area contributed by atoms with Crippen molar-refractivity contribution in [2.75, 3.05) is 0 Å². The van der Waals surface area contributed by atoms with Crippen molar-refractivity contribution in [3.63, 3.8) is 0 Å². The lowest BCUT2D eigenvalue weighted by Crippen LogP contribution is -2.60. The van der Waals surface area contributed by atoms with Gasteiger partial charge in [-0.15, -0.1) is 0 Å². The predicted molar refractivity (Wildman–Crippen MR) is 99.4 cm³/mol. The zero-order valence-corrected chi connectivity index (χ0v) is 17.2. The summed E-state index contributed by atoms with van der Waals surface area (Å²) in [6.07, 6.45) is 14.2. The Labute approximate surface area is 148 Å². The van der Waals surface area contributed by atoms with Crippen LogP contribution in [-0.4, -0.2) is 8.65 Å². The maximum Gasteiger partial charge on any atom is 0.0276 e. The smallest absolute Gasteiger partial charge is 0.0276 e. The zero-order chi connectivity index (χ0) is 15.3. The molecule has 0 aromatic heterocycles. The quantitative estimate of drug-likeness (QED) is 0.318. The van der Waals surface area contributed by atoms with Crippen molar-refractivity contribution in [3.8, 4) is 0 Å². The van der Waals surface area contributed by atoms with Crippen molar-refractivity contribution >= 4 is 31.9 Å². The number of halogens is 2. The zero-order valence-electron chi connectivity index (χ0n) is 14.1. The van der Waals surface area contributed by atoms with Crippen LogP contribution in [0.4, 0.5) is 0 Å². The molecule has 122 valence electrons. The lowest BCUT2D eigenvalue weighted by Gasteiger charge is -2.64. The molecule has 0 N–H and O–H groups in total. The summed E-state index contributed by atoms with van der Waals surface area (Å²) in [7, 11) is 0. The molecule has 0 aromatic rings. The van der Waals surface area contributed by atoms with Crippen molar-refractivity contribution in [1.29, 1.82) is 0 Å². The molecule has 4 aliphatic rings. The summed E-state index contributed by atoms with van der Waals surface area (Å²) in [5.74, 6) is 2.87. The Morgan fingerprint density at radius 2 is 1.43 bits per heavy atom. The molecule has 21 heavy (non-hydrogen) atoms. The molecule has 4 saturated carbocycles. The highest BCUT2D eigenvalue weighted by molar-refractivity contribution is 9.10. The van der Waals surface area contributed by atoms with Crippen LogP contribution < -0.4 is 0 Å². The van der Waals surface area contributed by atoms with Gasteiger partial charge in [0, 0.05) is 8.65 Å². The highest BCUT2D eigenvalue weighted by Crippen LogP contribution is 2.68. The topological polar surface area (TPSA) is 0 Å². The van der Waals surface area contributed by atoms with E-state index in [4.69, 9.17) is 0 Å². The Bertz CT molecular complexity index is 351. The molecule has 0 aromatic carbocycles. The second kappa shape index (κ2) is 5.80. The van der Waals surface area contributed by atoms with Crippen molar-refractivity contribution in [2.45, 2.75) is 93.6 Å². The largest absolute Gasteiger partial charge is 0.0853 e. The minimum Gasteiger partial charge on any atom is -0.0853 e. The SMILES string of the molecule is CCCCCCC(C)(C)C1C2CC3(Br)CC1CC(Br)(C2)C3. The molecule has 0 spiro atoms. The average molecular weight is 420 g/mol. The van der Waals surface area contributed by atoms with E-state index in [0.29, 0.717) is 14.1 Å². The molecule has 0 saturated heterocycles. The molecule has 0 aliphatic heterocycles. The lowest BCUT2D eigenvalue weighted by molar-refractivity contribution is -0.0635. The monoisotopic (exact) mass is 418 g/mol. The molecule has 0 heterocycles. The maximum atomic E-state index is 4.13. The van der Waals surface area contributed by atoms with Crippen LogP contribution in [0, 0.1) is 23.2 Å². The Morgan fingerprint density at radius 1 is 0.905 bits per heavy atom. The number of hydrogen-bond donors (Lipinski definition) is 0. The molecule has 0 amide bonds. The maximum absolute atomic E-state index is 4.13. The van der Waals surface area contributed by atoms with Crippen molar-refractivity contribution in [2.24, 2.45) is 23.2 Å². The third-order valence-corrected chi connectivity index (χ3v) is 8.59. The third kappa shape index (κ3) is 3.28. The predicted octanol–water partition coefficient (Wildman–Crippen LogP) is 7.09. The first-order chi connectivity index (χ1) is 9.77.